The Bertz CT molecular complexity index is 327. The molecule has 4 bridgehead atoms. The number of ether oxygens (including phenoxy) is 1. The highest BCUT2D eigenvalue weighted by Gasteiger charge is 2.62. The van der Waals surface area contributed by atoms with E-state index in [1.165, 1.54) is 19.3 Å². The minimum absolute atomic E-state index is 0.0937. The molecular weight excluding hydrogens is 228 g/mol. The number of carboxylic acid groups (broad SMARTS) is 1. The van der Waals surface area contributed by atoms with E-state index in [0.29, 0.717) is 6.61 Å². The van der Waals surface area contributed by atoms with Gasteiger partial charge in [0.25, 0.3) is 0 Å². The Labute approximate surface area is 109 Å². The highest BCUT2D eigenvalue weighted by atomic mass is 16.5. The minimum atomic E-state index is -0.974. The van der Waals surface area contributed by atoms with Crippen molar-refractivity contribution >= 4 is 5.97 Å². The van der Waals surface area contributed by atoms with Crippen LogP contribution in [0, 0.1) is 23.2 Å². The molecule has 1 N–H and O–H groups in total. The molecule has 4 aliphatic carbocycles. The molecule has 4 aliphatic rings. The Balaban J connectivity index is 1.96. The van der Waals surface area contributed by atoms with E-state index < -0.39 is 11.6 Å². The highest BCUT2D eigenvalue weighted by molar-refractivity contribution is 5.78. The number of hydrogen-bond donors (Lipinski definition) is 1. The van der Waals surface area contributed by atoms with Gasteiger partial charge in [-0.2, -0.15) is 0 Å². The van der Waals surface area contributed by atoms with Crippen LogP contribution >= 0.6 is 0 Å². The molecule has 0 spiro atoms. The molecule has 1 unspecified atom stereocenters. The van der Waals surface area contributed by atoms with E-state index in [-0.39, 0.29) is 5.41 Å². The molecular formula is C15H24O3. The second-order valence-electron chi connectivity index (χ2n) is 6.97. The first-order chi connectivity index (χ1) is 8.49. The van der Waals surface area contributed by atoms with Crippen LogP contribution in [0.2, 0.25) is 0 Å². The summed E-state index contributed by atoms with van der Waals surface area (Å²) in [5.41, 5.74) is -1.07. The summed E-state index contributed by atoms with van der Waals surface area (Å²) in [4.78, 5) is 11.8. The van der Waals surface area contributed by atoms with Gasteiger partial charge in [0.2, 0.25) is 0 Å². The topological polar surface area (TPSA) is 46.5 Å². The third kappa shape index (κ3) is 1.56. The van der Waals surface area contributed by atoms with Gasteiger partial charge in [-0.3, -0.25) is 0 Å². The van der Waals surface area contributed by atoms with Crippen molar-refractivity contribution in [3.8, 4) is 0 Å². The zero-order valence-corrected chi connectivity index (χ0v) is 11.4. The van der Waals surface area contributed by atoms with Crippen molar-refractivity contribution in [2.75, 3.05) is 6.61 Å². The minimum Gasteiger partial charge on any atom is -0.479 e. The number of hydrogen-bond acceptors (Lipinski definition) is 2. The van der Waals surface area contributed by atoms with Crippen molar-refractivity contribution in [2.45, 2.75) is 58.0 Å². The molecule has 102 valence electrons. The van der Waals surface area contributed by atoms with Gasteiger partial charge in [0, 0.05) is 12.0 Å². The first-order valence-corrected chi connectivity index (χ1v) is 7.36. The van der Waals surface area contributed by atoms with E-state index in [1.54, 1.807) is 0 Å². The second kappa shape index (κ2) is 3.96. The number of carbonyl (C=O) groups is 1. The van der Waals surface area contributed by atoms with Crippen molar-refractivity contribution < 1.29 is 14.6 Å². The van der Waals surface area contributed by atoms with E-state index in [1.807, 2.05) is 13.8 Å². The molecule has 0 saturated heterocycles. The zero-order chi connectivity index (χ0) is 13.0. The van der Waals surface area contributed by atoms with Gasteiger partial charge < -0.3 is 9.84 Å². The van der Waals surface area contributed by atoms with E-state index in [4.69, 9.17) is 4.74 Å². The van der Waals surface area contributed by atoms with Crippen LogP contribution in [0.25, 0.3) is 0 Å². The lowest BCUT2D eigenvalue weighted by atomic mass is 9.45. The van der Waals surface area contributed by atoms with Crippen molar-refractivity contribution in [3.05, 3.63) is 0 Å². The first kappa shape index (κ1) is 12.5. The smallest absolute Gasteiger partial charge is 0.336 e. The average Bonchev–Trinajstić information content (AvgIpc) is 2.26. The molecule has 4 rings (SSSR count). The lowest BCUT2D eigenvalue weighted by Gasteiger charge is -2.61. The Morgan fingerprint density at radius 1 is 1.22 bits per heavy atom. The van der Waals surface area contributed by atoms with Crippen LogP contribution in [-0.4, -0.2) is 23.3 Å². The lowest BCUT2D eigenvalue weighted by Crippen LogP contribution is -2.61. The maximum Gasteiger partial charge on any atom is 0.336 e. The van der Waals surface area contributed by atoms with Crippen LogP contribution in [0.3, 0.4) is 0 Å². The summed E-state index contributed by atoms with van der Waals surface area (Å²) in [6.45, 7) is 4.22. The fourth-order valence-corrected chi connectivity index (χ4v) is 5.43. The van der Waals surface area contributed by atoms with Gasteiger partial charge in [-0.15, -0.1) is 0 Å². The summed E-state index contributed by atoms with van der Waals surface area (Å²) in [5, 5.41) is 9.70. The van der Waals surface area contributed by atoms with Crippen molar-refractivity contribution in [2.24, 2.45) is 23.2 Å². The summed E-state index contributed by atoms with van der Waals surface area (Å²) < 4.78 is 5.78. The van der Waals surface area contributed by atoms with Crippen LogP contribution in [-0.2, 0) is 9.53 Å². The van der Waals surface area contributed by atoms with Crippen LogP contribution in [0.1, 0.15) is 52.4 Å². The van der Waals surface area contributed by atoms with Crippen molar-refractivity contribution in [3.63, 3.8) is 0 Å². The number of aliphatic carboxylic acids is 1. The normalized spacial score (nSPS) is 44.9. The van der Waals surface area contributed by atoms with Crippen molar-refractivity contribution in [1.82, 2.24) is 0 Å². The summed E-state index contributed by atoms with van der Waals surface area (Å²) in [6, 6.07) is 0. The van der Waals surface area contributed by atoms with E-state index in [9.17, 15) is 9.90 Å². The van der Waals surface area contributed by atoms with Gasteiger partial charge in [-0.25, -0.2) is 4.79 Å². The molecule has 0 amide bonds. The maximum absolute atomic E-state index is 11.8. The third-order valence-corrected chi connectivity index (χ3v) is 5.89. The fourth-order valence-electron chi connectivity index (χ4n) is 5.43. The molecule has 0 aromatic heterocycles. The van der Waals surface area contributed by atoms with Crippen LogP contribution < -0.4 is 0 Å². The molecule has 4 saturated carbocycles. The number of carboxylic acids is 1. The standard InChI is InChI=1S/C15H24O3/c1-3-18-14(2,13(16)17)15-7-10-4-11(8-15)6-12(5-10)9-15/h10-12H,3-9H2,1-2H3,(H,16,17). The van der Waals surface area contributed by atoms with Gasteiger partial charge >= 0.3 is 5.97 Å². The van der Waals surface area contributed by atoms with Crippen LogP contribution in [0.4, 0.5) is 0 Å². The molecule has 0 radical (unpaired) electrons. The Morgan fingerprint density at radius 3 is 2.00 bits per heavy atom. The van der Waals surface area contributed by atoms with Gasteiger partial charge in [0.05, 0.1) is 0 Å². The van der Waals surface area contributed by atoms with E-state index >= 15 is 0 Å². The molecule has 3 nitrogen and oxygen atoms in total. The second-order valence-corrected chi connectivity index (χ2v) is 6.97. The van der Waals surface area contributed by atoms with Gasteiger partial charge in [0.15, 0.2) is 5.60 Å². The predicted molar refractivity (Wildman–Crippen MR) is 68.3 cm³/mol. The third-order valence-electron chi connectivity index (χ3n) is 5.89. The molecule has 18 heavy (non-hydrogen) atoms. The summed E-state index contributed by atoms with van der Waals surface area (Å²) in [6.07, 6.45) is 7.22. The van der Waals surface area contributed by atoms with Gasteiger partial charge in [-0.1, -0.05) is 0 Å². The molecule has 3 heteroatoms. The van der Waals surface area contributed by atoms with Crippen LogP contribution in [0.5, 0.6) is 0 Å². The quantitative estimate of drug-likeness (QED) is 0.836. The highest BCUT2D eigenvalue weighted by Crippen LogP contribution is 2.64. The lowest BCUT2D eigenvalue weighted by molar-refractivity contribution is -0.213. The van der Waals surface area contributed by atoms with Gasteiger partial charge in [-0.05, 0) is 70.1 Å². The molecule has 0 aliphatic heterocycles. The number of rotatable bonds is 4. The Morgan fingerprint density at radius 2 is 1.67 bits per heavy atom. The summed E-state index contributed by atoms with van der Waals surface area (Å²) in [7, 11) is 0. The predicted octanol–water partition coefficient (Wildman–Crippen LogP) is 3.08. The first-order valence-electron chi connectivity index (χ1n) is 7.36. The van der Waals surface area contributed by atoms with Gasteiger partial charge in [0.1, 0.15) is 0 Å². The SMILES string of the molecule is CCOC(C)(C(=O)O)C12CC3CC(CC(C3)C1)C2. The Kier molecular flexibility index (Phi) is 2.74. The largest absolute Gasteiger partial charge is 0.479 e. The van der Waals surface area contributed by atoms with Crippen molar-refractivity contribution in [1.29, 1.82) is 0 Å². The Hall–Kier alpha value is -0.570. The van der Waals surface area contributed by atoms with E-state index in [2.05, 4.69) is 0 Å². The van der Waals surface area contributed by atoms with E-state index in [0.717, 1.165) is 37.0 Å². The molecule has 0 aromatic carbocycles. The molecule has 4 fully saturated rings. The van der Waals surface area contributed by atoms with Crippen LogP contribution in [0.15, 0.2) is 0 Å². The molecule has 0 heterocycles. The fraction of sp³-hybridized carbons (Fsp3) is 0.933. The average molecular weight is 252 g/mol. The monoisotopic (exact) mass is 252 g/mol. The molecule has 1 atom stereocenters. The maximum atomic E-state index is 11.8. The molecule has 0 aromatic rings. The zero-order valence-electron chi connectivity index (χ0n) is 11.4. The summed E-state index contributed by atoms with van der Waals surface area (Å²) in [5.74, 6) is 1.52. The summed E-state index contributed by atoms with van der Waals surface area (Å²) >= 11 is 0.